The van der Waals surface area contributed by atoms with Crippen LogP contribution in [0.2, 0.25) is 5.02 Å². The highest BCUT2D eigenvalue weighted by Gasteiger charge is 2.75. The van der Waals surface area contributed by atoms with Gasteiger partial charge < -0.3 is 24.5 Å². The van der Waals surface area contributed by atoms with Gasteiger partial charge in [-0.1, -0.05) is 73.2 Å². The third-order valence-electron chi connectivity index (χ3n) is 8.96. The van der Waals surface area contributed by atoms with Crippen LogP contribution in [0.4, 0.5) is 11.4 Å². The standard InChI is InChI=1S/C32H34ClN3O5/c1-2-31-16-10-19-34(22-12-4-3-5-13-22)28(38)25(31)26-29(39)36(18-8-9-21-37)27-30(40)35(20-11-17-32(26,27)41-31)24-15-7-6-14-23(24)33/h3-7,10-17,25-27,37H,2,8-9,18-21H2,1H3/t25-,26-,27?,31+,32-/m0/s1. The molecule has 2 aromatic carbocycles. The van der Waals surface area contributed by atoms with E-state index in [1.165, 1.54) is 0 Å². The maximum Gasteiger partial charge on any atom is 0.253 e. The van der Waals surface area contributed by atoms with Gasteiger partial charge in [-0.25, -0.2) is 0 Å². The number of anilines is 2. The quantitative estimate of drug-likeness (QED) is 0.398. The first-order valence-electron chi connectivity index (χ1n) is 14.3. The van der Waals surface area contributed by atoms with Gasteiger partial charge in [-0.05, 0) is 43.5 Å². The molecule has 0 bridgehead atoms. The Balaban J connectivity index is 1.49. The molecule has 1 N–H and O–H groups in total. The zero-order chi connectivity index (χ0) is 28.8. The van der Waals surface area contributed by atoms with Crippen molar-refractivity contribution in [3.8, 4) is 0 Å². The van der Waals surface area contributed by atoms with Gasteiger partial charge in [-0.3, -0.25) is 14.4 Å². The Morgan fingerprint density at radius 1 is 0.878 bits per heavy atom. The molecular weight excluding hydrogens is 542 g/mol. The SMILES string of the molecule is CC[C@@]12C=CCN(c3ccccc3)C(=O)[C@@H]1[C@H]1C(=O)N(CCCCO)C3C(=O)N(c4ccccc4Cl)CC=C[C@@]31O2. The summed E-state index contributed by atoms with van der Waals surface area (Å²) >= 11 is 6.53. The molecule has 1 spiro atoms. The normalized spacial score (nSPS) is 30.8. The Kier molecular flexibility index (Phi) is 7.26. The van der Waals surface area contributed by atoms with Gasteiger partial charge in [-0.2, -0.15) is 0 Å². The van der Waals surface area contributed by atoms with E-state index in [1.54, 1.807) is 32.9 Å². The first kappa shape index (κ1) is 27.7. The molecule has 8 nitrogen and oxygen atoms in total. The maximum absolute atomic E-state index is 14.5. The molecule has 0 aromatic heterocycles. The highest BCUT2D eigenvalue weighted by molar-refractivity contribution is 6.34. The summed E-state index contributed by atoms with van der Waals surface area (Å²) in [6.07, 6.45) is 9.03. The third-order valence-corrected chi connectivity index (χ3v) is 9.28. The summed E-state index contributed by atoms with van der Waals surface area (Å²) in [5.74, 6) is -2.49. The van der Waals surface area contributed by atoms with Gasteiger partial charge in [0.1, 0.15) is 11.6 Å². The molecule has 4 heterocycles. The number of fused-ring (bicyclic) bond motifs is 2. The fourth-order valence-corrected chi connectivity index (χ4v) is 7.36. The molecule has 1 unspecified atom stereocenters. The molecule has 2 fully saturated rings. The summed E-state index contributed by atoms with van der Waals surface area (Å²) in [7, 11) is 0. The van der Waals surface area contributed by atoms with Crippen LogP contribution in [-0.2, 0) is 19.1 Å². The van der Waals surface area contributed by atoms with E-state index in [0.717, 1.165) is 5.69 Å². The summed E-state index contributed by atoms with van der Waals surface area (Å²) in [5, 5.41) is 9.88. The topological polar surface area (TPSA) is 90.4 Å². The number of ether oxygens (including phenoxy) is 1. The number of unbranched alkanes of at least 4 members (excludes halogenated alkanes) is 1. The zero-order valence-corrected chi connectivity index (χ0v) is 23.7. The van der Waals surface area contributed by atoms with E-state index >= 15 is 0 Å². The maximum atomic E-state index is 14.5. The molecule has 4 aliphatic heterocycles. The number of amides is 3. The van der Waals surface area contributed by atoms with Crippen molar-refractivity contribution in [3.63, 3.8) is 0 Å². The molecule has 41 heavy (non-hydrogen) atoms. The summed E-state index contributed by atoms with van der Waals surface area (Å²) < 4.78 is 7.01. The highest BCUT2D eigenvalue weighted by Crippen LogP contribution is 2.59. The van der Waals surface area contributed by atoms with Crippen LogP contribution in [0.15, 0.2) is 78.9 Å². The number of halogens is 1. The van der Waals surface area contributed by atoms with Crippen LogP contribution in [0.25, 0.3) is 0 Å². The van der Waals surface area contributed by atoms with Crippen molar-refractivity contribution >= 4 is 40.7 Å². The number of aliphatic hydroxyl groups excluding tert-OH is 1. The number of carbonyl (C=O) groups excluding carboxylic acids is 3. The van der Waals surface area contributed by atoms with E-state index in [9.17, 15) is 19.5 Å². The third kappa shape index (κ3) is 4.23. The lowest BCUT2D eigenvalue weighted by Gasteiger charge is -2.38. The van der Waals surface area contributed by atoms with Crippen LogP contribution >= 0.6 is 11.6 Å². The second-order valence-electron chi connectivity index (χ2n) is 11.1. The van der Waals surface area contributed by atoms with Crippen molar-refractivity contribution in [2.24, 2.45) is 11.8 Å². The molecule has 0 aliphatic carbocycles. The molecule has 0 saturated carbocycles. The summed E-state index contributed by atoms with van der Waals surface area (Å²) in [4.78, 5) is 48.4. The minimum Gasteiger partial charge on any atom is -0.396 e. The van der Waals surface area contributed by atoms with Crippen molar-refractivity contribution in [2.75, 3.05) is 36.0 Å². The molecule has 214 valence electrons. The van der Waals surface area contributed by atoms with Gasteiger partial charge in [0, 0.05) is 31.9 Å². The number of hydrogen-bond acceptors (Lipinski definition) is 5. The van der Waals surface area contributed by atoms with E-state index in [2.05, 4.69) is 0 Å². The Hall–Kier alpha value is -3.46. The summed E-state index contributed by atoms with van der Waals surface area (Å²) in [5.41, 5.74) is -1.10. The van der Waals surface area contributed by atoms with Gasteiger partial charge in [0.2, 0.25) is 11.8 Å². The van der Waals surface area contributed by atoms with Crippen molar-refractivity contribution in [1.82, 2.24) is 4.90 Å². The van der Waals surface area contributed by atoms with Gasteiger partial charge in [0.05, 0.1) is 28.1 Å². The number of nitrogens with zero attached hydrogens (tertiary/aromatic N) is 3. The van der Waals surface area contributed by atoms with Gasteiger partial charge in [0.25, 0.3) is 5.91 Å². The van der Waals surface area contributed by atoms with Gasteiger partial charge >= 0.3 is 0 Å². The van der Waals surface area contributed by atoms with Crippen molar-refractivity contribution < 1.29 is 24.2 Å². The number of aliphatic hydroxyl groups is 1. The minimum atomic E-state index is -1.34. The fraction of sp³-hybridized carbons (Fsp3) is 0.406. The predicted octanol–water partition coefficient (Wildman–Crippen LogP) is 3.98. The first-order valence-corrected chi connectivity index (χ1v) is 14.7. The summed E-state index contributed by atoms with van der Waals surface area (Å²) in [6, 6.07) is 15.6. The number of para-hydroxylation sites is 2. The van der Waals surface area contributed by atoms with Crippen molar-refractivity contribution in [3.05, 3.63) is 83.9 Å². The smallest absolute Gasteiger partial charge is 0.253 e. The molecule has 6 rings (SSSR count). The van der Waals surface area contributed by atoms with Crippen LogP contribution < -0.4 is 9.80 Å². The second kappa shape index (κ2) is 10.7. The Bertz CT molecular complexity index is 1410. The highest BCUT2D eigenvalue weighted by atomic mass is 35.5. The number of hydrogen-bond donors (Lipinski definition) is 1. The molecule has 5 atom stereocenters. The number of benzene rings is 2. The Morgan fingerprint density at radius 3 is 2.32 bits per heavy atom. The zero-order valence-electron chi connectivity index (χ0n) is 23.0. The predicted molar refractivity (Wildman–Crippen MR) is 157 cm³/mol. The van der Waals surface area contributed by atoms with Crippen LogP contribution in [0, 0.1) is 11.8 Å². The molecular formula is C32H34ClN3O5. The summed E-state index contributed by atoms with van der Waals surface area (Å²) in [6.45, 7) is 2.81. The molecule has 2 saturated heterocycles. The largest absolute Gasteiger partial charge is 0.396 e. The van der Waals surface area contributed by atoms with E-state index in [4.69, 9.17) is 16.3 Å². The van der Waals surface area contributed by atoms with Crippen LogP contribution in [0.3, 0.4) is 0 Å². The Morgan fingerprint density at radius 2 is 1.59 bits per heavy atom. The minimum absolute atomic E-state index is 0.0196. The van der Waals surface area contributed by atoms with E-state index in [1.807, 2.05) is 67.6 Å². The second-order valence-corrected chi connectivity index (χ2v) is 11.5. The molecule has 0 radical (unpaired) electrons. The van der Waals surface area contributed by atoms with Gasteiger partial charge in [0.15, 0.2) is 0 Å². The van der Waals surface area contributed by atoms with Crippen LogP contribution in [0.1, 0.15) is 26.2 Å². The number of carbonyl (C=O) groups is 3. The molecule has 4 aliphatic rings. The van der Waals surface area contributed by atoms with Crippen LogP contribution in [0.5, 0.6) is 0 Å². The molecule has 2 aromatic rings. The monoisotopic (exact) mass is 575 g/mol. The Labute approximate surface area is 244 Å². The van der Waals surface area contributed by atoms with E-state index in [-0.39, 0.29) is 37.4 Å². The number of rotatable bonds is 7. The molecule has 9 heteroatoms. The average molecular weight is 576 g/mol. The van der Waals surface area contributed by atoms with E-state index in [0.29, 0.717) is 36.5 Å². The van der Waals surface area contributed by atoms with Crippen LogP contribution in [-0.4, -0.2) is 71.2 Å². The van der Waals surface area contributed by atoms with E-state index < -0.39 is 29.1 Å². The fourth-order valence-electron chi connectivity index (χ4n) is 7.12. The molecule has 3 amide bonds. The van der Waals surface area contributed by atoms with Crippen molar-refractivity contribution in [1.29, 1.82) is 0 Å². The first-order chi connectivity index (χ1) is 19.9. The lowest BCUT2D eigenvalue weighted by Crippen LogP contribution is -2.56. The van der Waals surface area contributed by atoms with Gasteiger partial charge in [-0.15, -0.1) is 0 Å². The lowest BCUT2D eigenvalue weighted by atomic mass is 9.73. The lowest BCUT2D eigenvalue weighted by molar-refractivity contribution is -0.145. The van der Waals surface area contributed by atoms with Crippen molar-refractivity contribution in [2.45, 2.75) is 43.4 Å². The average Bonchev–Trinajstić information content (AvgIpc) is 3.26. The number of likely N-dealkylation sites (tertiary alicyclic amines) is 1.